The average Bonchev–Trinajstić information content (AvgIpc) is 3.13. The molecule has 7 nitrogen and oxygen atoms in total. The lowest BCUT2D eigenvalue weighted by Gasteiger charge is -2.09. The Kier molecular flexibility index (Phi) is 6.69. The maximum absolute atomic E-state index is 12.4. The van der Waals surface area contributed by atoms with E-state index < -0.39 is 0 Å². The van der Waals surface area contributed by atoms with Crippen molar-refractivity contribution in [2.75, 3.05) is 5.32 Å². The Bertz CT molecular complexity index is 1270. The lowest BCUT2D eigenvalue weighted by Crippen LogP contribution is -2.18. The number of carbonyl (C=O) groups excluding carboxylic acids is 1. The minimum Gasteiger partial charge on any atom is -0.489 e. The van der Waals surface area contributed by atoms with Gasteiger partial charge in [0.1, 0.15) is 18.1 Å². The quantitative estimate of drug-likeness (QED) is 0.440. The molecular formula is C26H25N3O4. The maximum Gasteiger partial charge on any atom is 0.250 e. The van der Waals surface area contributed by atoms with Crippen molar-refractivity contribution in [3.63, 3.8) is 0 Å². The number of aromatic nitrogens is 2. The lowest BCUT2D eigenvalue weighted by molar-refractivity contribution is -0.115. The molecule has 0 radical (unpaired) electrons. The number of ether oxygens (including phenoxy) is 1. The van der Waals surface area contributed by atoms with Crippen molar-refractivity contribution in [2.45, 2.75) is 33.4 Å². The highest BCUT2D eigenvalue weighted by Gasteiger charge is 2.10. The van der Waals surface area contributed by atoms with Crippen molar-refractivity contribution in [3.8, 4) is 5.75 Å². The second kappa shape index (κ2) is 9.99. The van der Waals surface area contributed by atoms with Crippen molar-refractivity contribution in [1.82, 2.24) is 9.72 Å². The highest BCUT2D eigenvalue weighted by atomic mass is 16.5. The van der Waals surface area contributed by atoms with Gasteiger partial charge in [0, 0.05) is 18.0 Å². The summed E-state index contributed by atoms with van der Waals surface area (Å²) in [5.74, 6) is 1.36. The summed E-state index contributed by atoms with van der Waals surface area (Å²) in [6, 6.07) is 20.0. The number of hydrogen-bond acceptors (Lipinski definition) is 5. The number of amides is 1. The Balaban J connectivity index is 1.28. The van der Waals surface area contributed by atoms with Gasteiger partial charge in [-0.3, -0.25) is 9.59 Å². The number of carbonyl (C=O) groups is 1. The summed E-state index contributed by atoms with van der Waals surface area (Å²) in [5.41, 5.74) is 4.30. The minimum absolute atomic E-state index is 0.0463. The first-order valence-electron chi connectivity index (χ1n) is 10.7. The molecule has 0 fully saturated rings. The Hall–Kier alpha value is -4.13. The van der Waals surface area contributed by atoms with E-state index in [1.807, 2.05) is 68.4 Å². The first kappa shape index (κ1) is 22.1. The van der Waals surface area contributed by atoms with Crippen LogP contribution >= 0.6 is 0 Å². The second-order valence-electron chi connectivity index (χ2n) is 7.82. The molecule has 0 spiro atoms. The first-order valence-corrected chi connectivity index (χ1v) is 10.7. The van der Waals surface area contributed by atoms with Crippen LogP contribution < -0.4 is 15.6 Å². The van der Waals surface area contributed by atoms with Gasteiger partial charge < -0.3 is 19.1 Å². The fraction of sp³-hybridized carbons (Fsp3) is 0.192. The summed E-state index contributed by atoms with van der Waals surface area (Å²) >= 11 is 0. The monoisotopic (exact) mass is 443 g/mol. The van der Waals surface area contributed by atoms with Crippen LogP contribution in [0.3, 0.4) is 0 Å². The average molecular weight is 444 g/mol. The summed E-state index contributed by atoms with van der Waals surface area (Å²) in [4.78, 5) is 24.3. The van der Waals surface area contributed by atoms with Crippen LogP contribution in [0.5, 0.6) is 5.75 Å². The van der Waals surface area contributed by atoms with E-state index in [1.165, 1.54) is 6.07 Å². The molecule has 0 unspecified atom stereocenters. The topological polar surface area (TPSA) is 86.4 Å². The van der Waals surface area contributed by atoms with E-state index in [0.29, 0.717) is 24.6 Å². The van der Waals surface area contributed by atoms with Crippen LogP contribution in [0.2, 0.25) is 0 Å². The number of nitrogens with one attached hydrogen (secondary N) is 1. The molecule has 1 N–H and O–H groups in total. The van der Waals surface area contributed by atoms with E-state index >= 15 is 0 Å². The Morgan fingerprint density at radius 3 is 2.39 bits per heavy atom. The molecule has 168 valence electrons. The van der Waals surface area contributed by atoms with E-state index in [0.717, 1.165) is 28.1 Å². The van der Waals surface area contributed by atoms with Gasteiger partial charge in [-0.2, -0.15) is 0 Å². The summed E-state index contributed by atoms with van der Waals surface area (Å²) in [6.07, 6.45) is 2.01. The molecule has 2 heterocycles. The van der Waals surface area contributed by atoms with Gasteiger partial charge in [0.2, 0.25) is 5.91 Å². The standard InChI is InChI=1S/C26H25N3O4/c1-18-24(19(2)33-28-18)17-32-23-12-8-20(9-13-23)15-25(30)27-22-10-6-21(7-11-22)16-29-14-4-3-5-26(29)31/h3-14H,15-17H2,1-2H3,(H,27,30). The molecule has 0 saturated heterocycles. The predicted octanol–water partition coefficient (Wildman–Crippen LogP) is 4.26. The van der Waals surface area contributed by atoms with Crippen LogP contribution in [0.15, 0.2) is 82.2 Å². The van der Waals surface area contributed by atoms with Crippen LogP contribution in [0, 0.1) is 13.8 Å². The zero-order valence-electron chi connectivity index (χ0n) is 18.6. The highest BCUT2D eigenvalue weighted by Crippen LogP contribution is 2.18. The molecule has 2 aromatic heterocycles. The molecular weight excluding hydrogens is 418 g/mol. The molecule has 0 bridgehead atoms. The Morgan fingerprint density at radius 2 is 1.73 bits per heavy atom. The van der Waals surface area contributed by atoms with Crippen molar-refractivity contribution in [2.24, 2.45) is 0 Å². The van der Waals surface area contributed by atoms with Gasteiger partial charge in [0.05, 0.1) is 24.2 Å². The third-order valence-corrected chi connectivity index (χ3v) is 5.34. The Labute approximate surface area is 191 Å². The fourth-order valence-corrected chi connectivity index (χ4v) is 3.44. The van der Waals surface area contributed by atoms with Gasteiger partial charge >= 0.3 is 0 Å². The predicted molar refractivity (Wildman–Crippen MR) is 125 cm³/mol. The van der Waals surface area contributed by atoms with E-state index in [2.05, 4.69) is 10.5 Å². The maximum atomic E-state index is 12.4. The van der Waals surface area contributed by atoms with Crippen molar-refractivity contribution >= 4 is 11.6 Å². The van der Waals surface area contributed by atoms with Crippen LogP contribution in [-0.2, 0) is 24.4 Å². The number of nitrogens with zero attached hydrogens (tertiary/aromatic N) is 2. The molecule has 0 aliphatic carbocycles. The van der Waals surface area contributed by atoms with Gasteiger partial charge in [0.25, 0.3) is 5.56 Å². The Morgan fingerprint density at radius 1 is 1.00 bits per heavy atom. The molecule has 0 aliphatic rings. The molecule has 33 heavy (non-hydrogen) atoms. The third kappa shape index (κ3) is 5.77. The number of aryl methyl sites for hydroxylation is 2. The van der Waals surface area contributed by atoms with E-state index in [-0.39, 0.29) is 17.9 Å². The molecule has 2 aromatic carbocycles. The SMILES string of the molecule is Cc1noc(C)c1COc1ccc(CC(=O)Nc2ccc(Cn3ccccc3=O)cc2)cc1. The van der Waals surface area contributed by atoms with E-state index in [4.69, 9.17) is 9.26 Å². The molecule has 0 saturated carbocycles. The lowest BCUT2D eigenvalue weighted by atomic mass is 10.1. The van der Waals surface area contributed by atoms with Gasteiger partial charge in [-0.1, -0.05) is 35.5 Å². The van der Waals surface area contributed by atoms with Crippen molar-refractivity contribution in [3.05, 3.63) is 111 Å². The van der Waals surface area contributed by atoms with E-state index in [9.17, 15) is 9.59 Å². The fourth-order valence-electron chi connectivity index (χ4n) is 3.44. The number of pyridine rings is 1. The van der Waals surface area contributed by atoms with Gasteiger partial charge in [-0.15, -0.1) is 0 Å². The van der Waals surface area contributed by atoms with Crippen molar-refractivity contribution in [1.29, 1.82) is 0 Å². The molecule has 0 aliphatic heterocycles. The summed E-state index contributed by atoms with van der Waals surface area (Å²) in [6.45, 7) is 4.61. The van der Waals surface area contributed by atoms with E-state index in [1.54, 1.807) is 16.8 Å². The first-order chi connectivity index (χ1) is 16.0. The van der Waals surface area contributed by atoms with Crippen molar-refractivity contribution < 1.29 is 14.1 Å². The largest absolute Gasteiger partial charge is 0.489 e. The number of anilines is 1. The molecule has 7 heteroatoms. The smallest absolute Gasteiger partial charge is 0.250 e. The molecule has 4 aromatic rings. The number of hydrogen-bond donors (Lipinski definition) is 1. The van der Waals surface area contributed by atoms with Crippen LogP contribution in [0.4, 0.5) is 5.69 Å². The number of benzene rings is 2. The summed E-state index contributed by atoms with van der Waals surface area (Å²) in [7, 11) is 0. The second-order valence-corrected chi connectivity index (χ2v) is 7.82. The van der Waals surface area contributed by atoms with Crippen LogP contribution in [-0.4, -0.2) is 15.6 Å². The van der Waals surface area contributed by atoms with Crippen LogP contribution in [0.25, 0.3) is 0 Å². The summed E-state index contributed by atoms with van der Waals surface area (Å²) < 4.78 is 12.6. The normalized spacial score (nSPS) is 10.7. The molecule has 1 amide bonds. The van der Waals surface area contributed by atoms with Gasteiger partial charge in [-0.05, 0) is 55.3 Å². The number of rotatable bonds is 8. The zero-order chi connectivity index (χ0) is 23.2. The van der Waals surface area contributed by atoms with Gasteiger partial charge in [0.15, 0.2) is 0 Å². The van der Waals surface area contributed by atoms with Crippen LogP contribution in [0.1, 0.15) is 28.1 Å². The van der Waals surface area contributed by atoms with Gasteiger partial charge in [-0.25, -0.2) is 0 Å². The summed E-state index contributed by atoms with van der Waals surface area (Å²) in [5, 5.41) is 6.83. The minimum atomic E-state index is -0.105. The third-order valence-electron chi connectivity index (χ3n) is 5.34. The zero-order valence-corrected chi connectivity index (χ0v) is 18.6. The highest BCUT2D eigenvalue weighted by molar-refractivity contribution is 5.92. The molecule has 0 atom stereocenters. The molecule has 4 rings (SSSR count).